The summed E-state index contributed by atoms with van der Waals surface area (Å²) in [5.74, 6) is 0.617. The lowest BCUT2D eigenvalue weighted by Crippen LogP contribution is -2.45. The lowest BCUT2D eigenvalue weighted by atomic mass is 9.87. The van der Waals surface area contributed by atoms with Gasteiger partial charge in [0.1, 0.15) is 0 Å². The van der Waals surface area contributed by atoms with Crippen LogP contribution in [0.2, 0.25) is 0 Å². The minimum atomic E-state index is -0.0554. The Labute approximate surface area is 191 Å². The van der Waals surface area contributed by atoms with Crippen LogP contribution < -0.4 is 10.6 Å². The van der Waals surface area contributed by atoms with Crippen molar-refractivity contribution in [3.8, 4) is 0 Å². The molecule has 5 heteroatoms. The van der Waals surface area contributed by atoms with Crippen molar-refractivity contribution in [3.05, 3.63) is 29.1 Å². The van der Waals surface area contributed by atoms with Crippen LogP contribution in [0.3, 0.4) is 0 Å². The van der Waals surface area contributed by atoms with Crippen molar-refractivity contribution in [1.29, 1.82) is 0 Å². The van der Waals surface area contributed by atoms with E-state index in [4.69, 9.17) is 0 Å². The van der Waals surface area contributed by atoms with Gasteiger partial charge in [0, 0.05) is 22.0 Å². The Hall–Kier alpha value is -1.59. The van der Waals surface area contributed by atoms with Gasteiger partial charge in [-0.2, -0.15) is 0 Å². The molecule has 0 bridgehead atoms. The number of likely N-dealkylation sites (tertiary alicyclic amines) is 1. The Morgan fingerprint density at radius 3 is 2.35 bits per heavy atom. The Balaban J connectivity index is 1.40. The molecule has 2 aliphatic rings. The second-order valence-corrected chi connectivity index (χ2v) is 11.4. The fraction of sp³-hybridized carbons (Fsp3) is 0.654. The minimum absolute atomic E-state index is 0.0554. The fourth-order valence-corrected chi connectivity index (χ4v) is 6.28. The van der Waals surface area contributed by atoms with E-state index in [2.05, 4.69) is 53.8 Å². The smallest absolute Gasteiger partial charge is 0.319 e. The van der Waals surface area contributed by atoms with Crippen molar-refractivity contribution < 1.29 is 4.79 Å². The Morgan fingerprint density at radius 1 is 1.00 bits per heavy atom. The number of nitrogens with zero attached hydrogens (tertiary/aromatic N) is 1. The third-order valence-electron chi connectivity index (χ3n) is 7.19. The third-order valence-corrected chi connectivity index (χ3v) is 8.17. The van der Waals surface area contributed by atoms with Crippen molar-refractivity contribution in [3.63, 3.8) is 0 Å². The Bertz CT molecular complexity index is 868. The topological polar surface area (TPSA) is 44.4 Å². The first-order chi connectivity index (χ1) is 14.9. The first-order valence-corrected chi connectivity index (χ1v) is 13.1. The molecule has 1 aromatic carbocycles. The SMILES string of the molecule is CC(C)(C)N1CCC(c2csc3ccc(NC(=O)NC4CCCCCCC4)cc23)CC1. The van der Waals surface area contributed by atoms with E-state index in [1.165, 1.54) is 60.6 Å². The number of hydrogen-bond acceptors (Lipinski definition) is 3. The van der Waals surface area contributed by atoms with Gasteiger partial charge >= 0.3 is 6.03 Å². The summed E-state index contributed by atoms with van der Waals surface area (Å²) in [5.41, 5.74) is 2.63. The van der Waals surface area contributed by atoms with E-state index in [1.807, 2.05) is 17.4 Å². The van der Waals surface area contributed by atoms with Gasteiger partial charge in [-0.1, -0.05) is 32.1 Å². The van der Waals surface area contributed by atoms with Gasteiger partial charge in [0.25, 0.3) is 0 Å². The number of thiophene rings is 1. The molecule has 4 rings (SSSR count). The average Bonchev–Trinajstić information content (AvgIpc) is 3.12. The molecule has 2 heterocycles. The summed E-state index contributed by atoms with van der Waals surface area (Å²) >= 11 is 1.83. The lowest BCUT2D eigenvalue weighted by molar-refractivity contribution is 0.102. The Morgan fingerprint density at radius 2 is 1.68 bits per heavy atom. The zero-order valence-electron chi connectivity index (χ0n) is 19.5. The maximum atomic E-state index is 12.6. The van der Waals surface area contributed by atoms with E-state index in [9.17, 15) is 4.79 Å². The van der Waals surface area contributed by atoms with E-state index in [0.29, 0.717) is 12.0 Å². The quantitative estimate of drug-likeness (QED) is 0.533. The highest BCUT2D eigenvalue weighted by Gasteiger charge is 2.28. The van der Waals surface area contributed by atoms with Gasteiger partial charge in [-0.3, -0.25) is 4.90 Å². The van der Waals surface area contributed by atoms with Crippen molar-refractivity contribution in [2.45, 2.75) is 96.1 Å². The molecule has 1 saturated carbocycles. The van der Waals surface area contributed by atoms with Crippen molar-refractivity contribution >= 4 is 33.1 Å². The maximum Gasteiger partial charge on any atom is 0.319 e. The van der Waals surface area contributed by atoms with Gasteiger partial charge in [0.15, 0.2) is 0 Å². The Kier molecular flexibility index (Phi) is 7.22. The average molecular weight is 442 g/mol. The van der Waals surface area contributed by atoms with Crippen LogP contribution in [0.25, 0.3) is 10.1 Å². The number of carbonyl (C=O) groups is 1. The second-order valence-electron chi connectivity index (χ2n) is 10.5. The molecule has 31 heavy (non-hydrogen) atoms. The highest BCUT2D eigenvalue weighted by atomic mass is 32.1. The molecule has 0 unspecified atom stereocenters. The second kappa shape index (κ2) is 9.91. The van der Waals surface area contributed by atoms with Gasteiger partial charge in [0.05, 0.1) is 0 Å². The van der Waals surface area contributed by atoms with E-state index in [-0.39, 0.29) is 11.6 Å². The molecule has 1 aromatic heterocycles. The number of urea groups is 1. The van der Waals surface area contributed by atoms with Gasteiger partial charge < -0.3 is 10.6 Å². The maximum absolute atomic E-state index is 12.6. The summed E-state index contributed by atoms with van der Waals surface area (Å²) in [6.45, 7) is 9.26. The fourth-order valence-electron chi connectivity index (χ4n) is 5.26. The molecule has 2 N–H and O–H groups in total. The first-order valence-electron chi connectivity index (χ1n) is 12.2. The molecule has 1 saturated heterocycles. The molecule has 1 aliphatic carbocycles. The van der Waals surface area contributed by atoms with Crippen molar-refractivity contribution in [2.75, 3.05) is 18.4 Å². The summed E-state index contributed by atoms with van der Waals surface area (Å²) in [4.78, 5) is 15.2. The van der Waals surface area contributed by atoms with Crippen LogP contribution in [0.15, 0.2) is 23.6 Å². The summed E-state index contributed by atoms with van der Waals surface area (Å²) in [5, 5.41) is 10.0. The number of rotatable bonds is 3. The van der Waals surface area contributed by atoms with E-state index >= 15 is 0 Å². The van der Waals surface area contributed by atoms with Crippen LogP contribution in [0.1, 0.15) is 90.0 Å². The van der Waals surface area contributed by atoms with Gasteiger partial charge in [-0.15, -0.1) is 11.3 Å². The van der Waals surface area contributed by atoms with Crippen molar-refractivity contribution in [1.82, 2.24) is 10.2 Å². The molecule has 0 radical (unpaired) electrons. The summed E-state index contributed by atoms with van der Waals surface area (Å²) in [7, 11) is 0. The van der Waals surface area contributed by atoms with Crippen LogP contribution in [0.5, 0.6) is 0 Å². The highest BCUT2D eigenvalue weighted by molar-refractivity contribution is 7.17. The van der Waals surface area contributed by atoms with Crippen molar-refractivity contribution in [2.24, 2.45) is 0 Å². The summed E-state index contributed by atoms with van der Waals surface area (Å²) in [6, 6.07) is 6.66. The number of piperidine rings is 1. The molecule has 1 aliphatic heterocycles. The van der Waals surface area contributed by atoms with Gasteiger partial charge in [-0.25, -0.2) is 4.79 Å². The first kappa shape index (κ1) is 22.6. The number of anilines is 1. The number of hydrogen-bond donors (Lipinski definition) is 2. The zero-order chi connectivity index (χ0) is 21.8. The molecule has 2 fully saturated rings. The number of amides is 2. The van der Waals surface area contributed by atoms with Gasteiger partial charge in [-0.05, 0) is 100.0 Å². The van der Waals surface area contributed by atoms with Crippen LogP contribution in [-0.2, 0) is 0 Å². The molecular formula is C26H39N3OS. The van der Waals surface area contributed by atoms with Crippen LogP contribution in [-0.4, -0.2) is 35.6 Å². The molecular weight excluding hydrogens is 402 g/mol. The number of fused-ring (bicyclic) bond motifs is 1. The number of benzene rings is 1. The third kappa shape index (κ3) is 5.81. The van der Waals surface area contributed by atoms with E-state index in [1.54, 1.807) is 0 Å². The molecule has 0 spiro atoms. The lowest BCUT2D eigenvalue weighted by Gasteiger charge is -2.41. The molecule has 170 valence electrons. The molecule has 2 aromatic rings. The van der Waals surface area contributed by atoms with E-state index in [0.717, 1.165) is 31.6 Å². The highest BCUT2D eigenvalue weighted by Crippen LogP contribution is 2.38. The minimum Gasteiger partial charge on any atom is -0.335 e. The monoisotopic (exact) mass is 441 g/mol. The van der Waals surface area contributed by atoms with E-state index < -0.39 is 0 Å². The van der Waals surface area contributed by atoms with Crippen LogP contribution in [0.4, 0.5) is 10.5 Å². The number of nitrogens with one attached hydrogen (secondary N) is 2. The van der Waals surface area contributed by atoms with Crippen LogP contribution >= 0.6 is 11.3 Å². The molecule has 0 atom stereocenters. The number of carbonyl (C=O) groups excluding carboxylic acids is 1. The molecule has 4 nitrogen and oxygen atoms in total. The van der Waals surface area contributed by atoms with Crippen LogP contribution in [0, 0.1) is 0 Å². The standard InChI is InChI=1S/C26H39N3OS/c1-26(2,3)29-15-13-19(14-16-29)23-18-31-24-12-11-21(17-22(23)24)28-25(30)27-20-9-7-5-4-6-8-10-20/h11-12,17-20H,4-10,13-16H2,1-3H3,(H2,27,28,30). The predicted molar refractivity (Wildman–Crippen MR) is 133 cm³/mol. The predicted octanol–water partition coefficient (Wildman–Crippen LogP) is 7.11. The summed E-state index contributed by atoms with van der Waals surface area (Å²) in [6.07, 6.45) is 11.0. The normalized spacial score (nSPS) is 20.4. The van der Waals surface area contributed by atoms with Gasteiger partial charge in [0.2, 0.25) is 0 Å². The summed E-state index contributed by atoms with van der Waals surface area (Å²) < 4.78 is 1.32. The molecule has 2 amide bonds. The zero-order valence-corrected chi connectivity index (χ0v) is 20.3. The largest absolute Gasteiger partial charge is 0.335 e.